The fourth-order valence-electron chi connectivity index (χ4n) is 4.15. The summed E-state index contributed by atoms with van der Waals surface area (Å²) in [5.41, 5.74) is 6.55. The van der Waals surface area contributed by atoms with Gasteiger partial charge in [-0.15, -0.1) is 11.3 Å². The molecule has 0 aliphatic rings. The highest BCUT2D eigenvalue weighted by molar-refractivity contribution is 7.20. The minimum Gasteiger partial charge on any atom is -0.478 e. The number of benzene rings is 3. The molecule has 0 saturated heterocycles. The number of carboxylic acid groups (broad SMARTS) is 1. The topological polar surface area (TPSA) is 66.0 Å². The number of nitrogens with zero attached hydrogens (tertiary/aromatic N) is 1. The molecule has 0 bridgehead atoms. The molecule has 2 N–H and O–H groups in total. The molecule has 0 aliphatic heterocycles. The van der Waals surface area contributed by atoms with E-state index in [0.717, 1.165) is 40.1 Å². The first kappa shape index (κ1) is 20.9. The summed E-state index contributed by atoms with van der Waals surface area (Å²) in [5.74, 6) is -0.953. The second kappa shape index (κ2) is 8.88. The van der Waals surface area contributed by atoms with Gasteiger partial charge in [0.25, 0.3) is 0 Å². The number of thiophene rings is 1. The van der Waals surface area contributed by atoms with Gasteiger partial charge in [-0.3, -0.25) is 5.10 Å². The number of carbonyl (C=O) groups is 1. The summed E-state index contributed by atoms with van der Waals surface area (Å²) in [6.07, 6.45) is 5.50. The number of rotatable bonds is 6. The molecule has 2 aromatic heterocycles. The van der Waals surface area contributed by atoms with E-state index in [-0.39, 0.29) is 0 Å². The molecular weight excluding hydrogens is 428 g/mol. The van der Waals surface area contributed by atoms with Crippen molar-refractivity contribution in [2.75, 3.05) is 0 Å². The molecule has 5 heteroatoms. The molecule has 4 nitrogen and oxygen atoms in total. The number of carboxylic acids is 1. The summed E-state index contributed by atoms with van der Waals surface area (Å²) >= 11 is 1.81. The van der Waals surface area contributed by atoms with E-state index in [1.165, 1.54) is 26.1 Å². The molecule has 0 fully saturated rings. The molecule has 2 heterocycles. The third kappa shape index (κ3) is 4.23. The number of aliphatic carboxylic acids is 1. The van der Waals surface area contributed by atoms with Gasteiger partial charge in [0, 0.05) is 21.0 Å². The monoisotopic (exact) mass is 450 g/mol. The average Bonchev–Trinajstić information content (AvgIpc) is 3.47. The van der Waals surface area contributed by atoms with Gasteiger partial charge in [0.05, 0.1) is 11.7 Å². The van der Waals surface area contributed by atoms with Crippen molar-refractivity contribution < 1.29 is 9.90 Å². The van der Waals surface area contributed by atoms with Gasteiger partial charge in [0.15, 0.2) is 0 Å². The highest BCUT2D eigenvalue weighted by atomic mass is 32.1. The van der Waals surface area contributed by atoms with Crippen LogP contribution in [0.2, 0.25) is 0 Å². The number of H-pyrrole nitrogens is 1. The number of allylic oxidation sites excluding steroid dienone is 1. The Morgan fingerprint density at radius 2 is 1.79 bits per heavy atom. The van der Waals surface area contributed by atoms with Crippen LogP contribution >= 0.6 is 11.3 Å². The fourth-order valence-corrected chi connectivity index (χ4v) is 5.33. The van der Waals surface area contributed by atoms with E-state index in [1.807, 2.05) is 29.7 Å². The summed E-state index contributed by atoms with van der Waals surface area (Å²) < 4.78 is 1.28. The number of nitrogens with one attached hydrogen (secondary N) is 1. The van der Waals surface area contributed by atoms with E-state index in [2.05, 4.69) is 77.8 Å². The van der Waals surface area contributed by atoms with Gasteiger partial charge in [0.2, 0.25) is 0 Å². The molecule has 3 aromatic carbocycles. The lowest BCUT2D eigenvalue weighted by Crippen LogP contribution is -1.94. The first-order valence-corrected chi connectivity index (χ1v) is 11.6. The Morgan fingerprint density at radius 3 is 2.55 bits per heavy atom. The van der Waals surface area contributed by atoms with Gasteiger partial charge in [0.1, 0.15) is 0 Å². The predicted octanol–water partition coefficient (Wildman–Crippen LogP) is 7.24. The van der Waals surface area contributed by atoms with Gasteiger partial charge in [-0.2, -0.15) is 5.10 Å². The highest BCUT2D eigenvalue weighted by Gasteiger charge is 2.16. The number of hydrogen-bond donors (Lipinski definition) is 2. The van der Waals surface area contributed by atoms with Gasteiger partial charge >= 0.3 is 5.97 Å². The maximum atomic E-state index is 10.9. The Labute approximate surface area is 195 Å². The smallest absolute Gasteiger partial charge is 0.328 e. The third-order valence-electron chi connectivity index (χ3n) is 5.72. The lowest BCUT2D eigenvalue weighted by Gasteiger charge is -2.15. The second-order valence-corrected chi connectivity index (χ2v) is 8.90. The zero-order chi connectivity index (χ0) is 22.8. The van der Waals surface area contributed by atoms with Crippen molar-refractivity contribution in [3.8, 4) is 0 Å². The van der Waals surface area contributed by atoms with Crippen LogP contribution in [0.1, 0.15) is 34.9 Å². The summed E-state index contributed by atoms with van der Waals surface area (Å²) in [6, 6.07) is 25.2. The normalized spacial score (nSPS) is 12.5. The van der Waals surface area contributed by atoms with Gasteiger partial charge in [-0.1, -0.05) is 55.5 Å². The van der Waals surface area contributed by atoms with Crippen LogP contribution < -0.4 is 0 Å². The van der Waals surface area contributed by atoms with E-state index in [9.17, 15) is 4.79 Å². The molecule has 0 atom stereocenters. The number of aromatic nitrogens is 2. The van der Waals surface area contributed by atoms with Crippen molar-refractivity contribution in [1.29, 1.82) is 0 Å². The Hall–Kier alpha value is -3.96. The largest absolute Gasteiger partial charge is 0.478 e. The molecular formula is C28H22N2O2S. The van der Waals surface area contributed by atoms with Crippen LogP contribution in [0.15, 0.2) is 85.1 Å². The van der Waals surface area contributed by atoms with Gasteiger partial charge in [-0.25, -0.2) is 4.79 Å². The molecule has 5 rings (SSSR count). The zero-order valence-electron chi connectivity index (χ0n) is 18.1. The summed E-state index contributed by atoms with van der Waals surface area (Å²) in [5, 5.41) is 18.5. The predicted molar refractivity (Wildman–Crippen MR) is 137 cm³/mol. The highest BCUT2D eigenvalue weighted by Crippen LogP contribution is 2.39. The second-order valence-electron chi connectivity index (χ2n) is 7.82. The van der Waals surface area contributed by atoms with Crippen molar-refractivity contribution in [3.05, 3.63) is 107 Å². The number of aromatic amines is 1. The van der Waals surface area contributed by atoms with Crippen LogP contribution in [0.4, 0.5) is 0 Å². The minimum absolute atomic E-state index is 0.852. The molecule has 0 amide bonds. The van der Waals surface area contributed by atoms with Crippen LogP contribution in [0.5, 0.6) is 0 Å². The standard InChI is InChI=1S/C28H22N2O2S/c1-2-23(26-16-20-5-3-4-6-25(20)33-26)28(21-12-13-24-22(15-21)17-29-30-24)19-10-7-18(8-11-19)9-14-27(31)32/h3-17H,2H2,1H3,(H,29,30)(H,31,32)/b14-9+,28-23+. The Morgan fingerprint density at radius 1 is 1.00 bits per heavy atom. The van der Waals surface area contributed by atoms with Crippen LogP contribution in [0.25, 0.3) is 38.2 Å². The lowest BCUT2D eigenvalue weighted by atomic mass is 9.90. The quantitative estimate of drug-likeness (QED) is 0.268. The molecule has 0 saturated carbocycles. The van der Waals surface area contributed by atoms with Crippen LogP contribution in [-0.2, 0) is 4.79 Å². The van der Waals surface area contributed by atoms with Crippen molar-refractivity contribution in [3.63, 3.8) is 0 Å². The third-order valence-corrected chi connectivity index (χ3v) is 6.90. The molecule has 0 aliphatic carbocycles. The first-order chi connectivity index (χ1) is 16.1. The molecule has 5 aromatic rings. The van der Waals surface area contributed by atoms with Crippen molar-refractivity contribution in [2.45, 2.75) is 13.3 Å². The van der Waals surface area contributed by atoms with Gasteiger partial charge in [-0.05, 0) is 70.0 Å². The fraction of sp³-hybridized carbons (Fsp3) is 0.0714. The Bertz CT molecular complexity index is 1490. The van der Waals surface area contributed by atoms with Crippen molar-refractivity contribution >= 4 is 55.5 Å². The summed E-state index contributed by atoms with van der Waals surface area (Å²) in [4.78, 5) is 12.1. The van der Waals surface area contributed by atoms with E-state index in [0.29, 0.717) is 0 Å². The Kier molecular flexibility index (Phi) is 5.63. The van der Waals surface area contributed by atoms with E-state index < -0.39 is 5.97 Å². The zero-order valence-corrected chi connectivity index (χ0v) is 18.9. The summed E-state index contributed by atoms with van der Waals surface area (Å²) in [7, 11) is 0. The average molecular weight is 451 g/mol. The minimum atomic E-state index is -0.953. The maximum absolute atomic E-state index is 10.9. The van der Waals surface area contributed by atoms with Gasteiger partial charge < -0.3 is 5.11 Å². The first-order valence-electron chi connectivity index (χ1n) is 10.8. The van der Waals surface area contributed by atoms with E-state index >= 15 is 0 Å². The maximum Gasteiger partial charge on any atom is 0.328 e. The van der Waals surface area contributed by atoms with Crippen LogP contribution in [0, 0.1) is 0 Å². The Balaban J connectivity index is 1.71. The van der Waals surface area contributed by atoms with Crippen LogP contribution in [-0.4, -0.2) is 21.3 Å². The molecule has 0 spiro atoms. The van der Waals surface area contributed by atoms with Crippen molar-refractivity contribution in [2.24, 2.45) is 0 Å². The molecule has 162 valence electrons. The SMILES string of the molecule is CC/C(=C(/c1ccc(/C=C/C(=O)O)cc1)c1ccc2[nH]ncc2c1)c1cc2ccccc2s1. The van der Waals surface area contributed by atoms with Crippen LogP contribution in [0.3, 0.4) is 0 Å². The molecule has 33 heavy (non-hydrogen) atoms. The molecule has 0 radical (unpaired) electrons. The number of fused-ring (bicyclic) bond motifs is 2. The lowest BCUT2D eigenvalue weighted by molar-refractivity contribution is -0.131. The number of hydrogen-bond acceptors (Lipinski definition) is 3. The molecule has 0 unspecified atom stereocenters. The summed E-state index contributed by atoms with van der Waals surface area (Å²) in [6.45, 7) is 2.19. The van der Waals surface area contributed by atoms with E-state index in [1.54, 1.807) is 6.08 Å². The van der Waals surface area contributed by atoms with Crippen molar-refractivity contribution in [1.82, 2.24) is 10.2 Å². The van der Waals surface area contributed by atoms with E-state index in [4.69, 9.17) is 5.11 Å².